The number of rotatable bonds is 4. The molecule has 1 unspecified atom stereocenters. The molecule has 3 rings (SSSR count). The van der Waals surface area contributed by atoms with Crippen molar-refractivity contribution in [3.63, 3.8) is 0 Å². The molecule has 8 nitrogen and oxygen atoms in total. The fourth-order valence-corrected chi connectivity index (χ4v) is 2.39. The summed E-state index contributed by atoms with van der Waals surface area (Å²) in [7, 11) is 1.70. The molecule has 2 aromatic heterocycles. The van der Waals surface area contributed by atoms with Crippen LogP contribution in [0.4, 0.5) is 5.82 Å². The van der Waals surface area contributed by atoms with Crippen LogP contribution in [-0.2, 0) is 11.8 Å². The third kappa shape index (κ3) is 3.37. The summed E-state index contributed by atoms with van der Waals surface area (Å²) in [6.45, 7) is 5.21. The van der Waals surface area contributed by atoms with E-state index in [1.165, 1.54) is 4.68 Å². The second kappa shape index (κ2) is 6.39. The van der Waals surface area contributed by atoms with E-state index < -0.39 is 6.10 Å². The zero-order valence-electron chi connectivity index (χ0n) is 14.4. The van der Waals surface area contributed by atoms with Crippen LogP contribution in [0.25, 0.3) is 11.0 Å². The summed E-state index contributed by atoms with van der Waals surface area (Å²) in [5, 5.41) is 11.0. The monoisotopic (exact) mass is 342 g/mol. The lowest BCUT2D eigenvalue weighted by Gasteiger charge is -2.14. The molecule has 1 atom stereocenters. The predicted octanol–water partition coefficient (Wildman–Crippen LogP) is 1.94. The Kier molecular flexibility index (Phi) is 4.26. The van der Waals surface area contributed by atoms with Crippen LogP contribution < -0.4 is 15.7 Å². The van der Waals surface area contributed by atoms with Crippen LogP contribution in [0.3, 0.4) is 0 Å². The summed E-state index contributed by atoms with van der Waals surface area (Å²) in [4.78, 5) is 24.0. The van der Waals surface area contributed by atoms with Crippen LogP contribution in [0, 0.1) is 13.8 Å². The van der Waals surface area contributed by atoms with Crippen molar-refractivity contribution in [1.29, 1.82) is 0 Å². The second-order valence-electron chi connectivity index (χ2n) is 5.82. The number of anilines is 1. The average Bonchev–Trinajstić information content (AvgIpc) is 2.97. The molecule has 0 aliphatic rings. The Morgan fingerprint density at radius 1 is 1.32 bits per heavy atom. The number of ether oxygens (including phenoxy) is 1. The molecule has 3 aromatic rings. The zero-order valence-corrected chi connectivity index (χ0v) is 14.4. The van der Waals surface area contributed by atoms with Crippen LogP contribution in [0.5, 0.6) is 5.75 Å². The molecular formula is C17H18N4O4. The van der Waals surface area contributed by atoms with Gasteiger partial charge in [-0.15, -0.1) is 5.10 Å². The van der Waals surface area contributed by atoms with E-state index in [-0.39, 0.29) is 11.5 Å². The van der Waals surface area contributed by atoms with Crippen molar-refractivity contribution in [2.75, 3.05) is 5.32 Å². The standard InChI is InChI=1S/C17H18N4O4/c1-9-10(2)17(23)25-14-7-12(5-6-13(9)14)24-11(3)16(22)18-15-8-21(4)20-19-15/h5-8,11H,1-4H3,(H,18,22). The van der Waals surface area contributed by atoms with Gasteiger partial charge in [-0.3, -0.25) is 9.48 Å². The maximum atomic E-state index is 12.2. The van der Waals surface area contributed by atoms with Crippen molar-refractivity contribution < 1.29 is 13.9 Å². The van der Waals surface area contributed by atoms with Gasteiger partial charge in [0.15, 0.2) is 11.9 Å². The molecule has 0 bridgehead atoms. The topological polar surface area (TPSA) is 99.2 Å². The predicted molar refractivity (Wildman–Crippen MR) is 91.7 cm³/mol. The highest BCUT2D eigenvalue weighted by Gasteiger charge is 2.17. The molecule has 0 radical (unpaired) electrons. The lowest BCUT2D eigenvalue weighted by atomic mass is 10.1. The van der Waals surface area contributed by atoms with Crippen molar-refractivity contribution in [2.24, 2.45) is 7.05 Å². The Hall–Kier alpha value is -3.16. The zero-order chi connectivity index (χ0) is 18.1. The molecule has 25 heavy (non-hydrogen) atoms. The van der Waals surface area contributed by atoms with Crippen molar-refractivity contribution in [1.82, 2.24) is 15.0 Å². The van der Waals surface area contributed by atoms with Gasteiger partial charge in [0, 0.05) is 24.1 Å². The molecule has 1 amide bonds. The van der Waals surface area contributed by atoms with E-state index in [9.17, 15) is 9.59 Å². The van der Waals surface area contributed by atoms with Crippen molar-refractivity contribution in [3.8, 4) is 5.75 Å². The molecule has 1 aromatic carbocycles. The highest BCUT2D eigenvalue weighted by atomic mass is 16.5. The smallest absolute Gasteiger partial charge is 0.339 e. The SMILES string of the molecule is Cc1c(C)c2ccc(OC(C)C(=O)Nc3cn(C)nn3)cc2oc1=O. The first-order chi connectivity index (χ1) is 11.8. The molecule has 0 aliphatic carbocycles. The minimum atomic E-state index is -0.766. The van der Waals surface area contributed by atoms with Gasteiger partial charge in [-0.1, -0.05) is 5.21 Å². The molecule has 1 N–H and O–H groups in total. The lowest BCUT2D eigenvalue weighted by Crippen LogP contribution is -2.30. The molecule has 0 saturated heterocycles. The molecule has 130 valence electrons. The Balaban J connectivity index is 1.79. The summed E-state index contributed by atoms with van der Waals surface area (Å²) in [5.74, 6) is 0.418. The van der Waals surface area contributed by atoms with Gasteiger partial charge in [0.1, 0.15) is 11.3 Å². The Labute approximate surface area is 143 Å². The number of hydrogen-bond acceptors (Lipinski definition) is 6. The summed E-state index contributed by atoms with van der Waals surface area (Å²) < 4.78 is 12.4. The first kappa shape index (κ1) is 16.7. The number of aromatic nitrogens is 3. The van der Waals surface area contributed by atoms with Gasteiger partial charge in [0.2, 0.25) is 0 Å². The number of carbonyl (C=O) groups is 1. The van der Waals surface area contributed by atoms with Crippen molar-refractivity contribution in [3.05, 3.63) is 45.9 Å². The largest absolute Gasteiger partial charge is 0.481 e. The molecule has 0 spiro atoms. The first-order valence-electron chi connectivity index (χ1n) is 7.73. The van der Waals surface area contributed by atoms with E-state index in [4.69, 9.17) is 9.15 Å². The van der Waals surface area contributed by atoms with Crippen LogP contribution in [0.15, 0.2) is 33.6 Å². The normalized spacial score (nSPS) is 12.2. The Morgan fingerprint density at radius 3 is 2.76 bits per heavy atom. The van der Waals surface area contributed by atoms with Gasteiger partial charge in [-0.05, 0) is 38.5 Å². The number of carbonyl (C=O) groups excluding carboxylic acids is 1. The maximum Gasteiger partial charge on any atom is 0.339 e. The number of aryl methyl sites for hydroxylation is 2. The second-order valence-corrected chi connectivity index (χ2v) is 5.82. The minimum Gasteiger partial charge on any atom is -0.481 e. The number of amides is 1. The van der Waals surface area contributed by atoms with Crippen LogP contribution in [-0.4, -0.2) is 27.0 Å². The summed E-state index contributed by atoms with van der Waals surface area (Å²) in [6, 6.07) is 5.15. The Bertz CT molecular complexity index is 1010. The van der Waals surface area contributed by atoms with Gasteiger partial charge in [0.25, 0.3) is 5.91 Å². The highest BCUT2D eigenvalue weighted by Crippen LogP contribution is 2.24. The fraction of sp³-hybridized carbons (Fsp3) is 0.294. The summed E-state index contributed by atoms with van der Waals surface area (Å²) in [5.41, 5.74) is 1.49. The maximum absolute atomic E-state index is 12.2. The molecule has 2 heterocycles. The molecule has 8 heteroatoms. The van der Waals surface area contributed by atoms with E-state index >= 15 is 0 Å². The lowest BCUT2D eigenvalue weighted by molar-refractivity contribution is -0.122. The average molecular weight is 342 g/mol. The summed E-state index contributed by atoms with van der Waals surface area (Å²) >= 11 is 0. The fourth-order valence-electron chi connectivity index (χ4n) is 2.39. The van der Waals surface area contributed by atoms with Crippen LogP contribution >= 0.6 is 0 Å². The van der Waals surface area contributed by atoms with E-state index in [0.717, 1.165) is 10.9 Å². The third-order valence-electron chi connectivity index (χ3n) is 3.96. The number of fused-ring (bicyclic) bond motifs is 1. The third-order valence-corrected chi connectivity index (χ3v) is 3.96. The van der Waals surface area contributed by atoms with E-state index in [1.807, 2.05) is 13.0 Å². The molecule has 0 saturated carbocycles. The van der Waals surface area contributed by atoms with Gasteiger partial charge < -0.3 is 14.5 Å². The highest BCUT2D eigenvalue weighted by molar-refractivity contribution is 5.93. The van der Waals surface area contributed by atoms with Crippen molar-refractivity contribution in [2.45, 2.75) is 26.9 Å². The van der Waals surface area contributed by atoms with Gasteiger partial charge in [0.05, 0.1) is 6.20 Å². The quantitative estimate of drug-likeness (QED) is 0.728. The number of benzene rings is 1. The van der Waals surface area contributed by atoms with E-state index in [2.05, 4.69) is 15.6 Å². The van der Waals surface area contributed by atoms with E-state index in [0.29, 0.717) is 22.7 Å². The first-order valence-corrected chi connectivity index (χ1v) is 7.73. The summed E-state index contributed by atoms with van der Waals surface area (Å²) in [6.07, 6.45) is 0.818. The van der Waals surface area contributed by atoms with Crippen LogP contribution in [0.2, 0.25) is 0 Å². The van der Waals surface area contributed by atoms with Gasteiger partial charge >= 0.3 is 5.63 Å². The number of nitrogens with zero attached hydrogens (tertiary/aromatic N) is 3. The Morgan fingerprint density at radius 2 is 2.08 bits per heavy atom. The van der Waals surface area contributed by atoms with Crippen LogP contribution in [0.1, 0.15) is 18.1 Å². The molecule has 0 fully saturated rings. The molecular weight excluding hydrogens is 324 g/mol. The van der Waals surface area contributed by atoms with E-state index in [1.54, 1.807) is 39.2 Å². The molecule has 0 aliphatic heterocycles. The number of hydrogen-bond donors (Lipinski definition) is 1. The van der Waals surface area contributed by atoms with Crippen molar-refractivity contribution >= 4 is 22.7 Å². The van der Waals surface area contributed by atoms with Gasteiger partial charge in [-0.25, -0.2) is 4.79 Å². The minimum absolute atomic E-state index is 0.346. The number of nitrogens with one attached hydrogen (secondary N) is 1. The van der Waals surface area contributed by atoms with Gasteiger partial charge in [-0.2, -0.15) is 0 Å².